The van der Waals surface area contributed by atoms with E-state index in [1.54, 1.807) is 0 Å². The molecular weight excluding hydrogens is 677 g/mol. The number of para-hydroxylation sites is 1. The minimum atomic E-state index is -0.164. The molecule has 0 saturated heterocycles. The molecule has 1 nitrogen and oxygen atoms in total. The first kappa shape index (κ1) is 31.9. The lowest BCUT2D eigenvalue weighted by molar-refractivity contribution is 0.597. The Labute approximate surface area is 326 Å². The lowest BCUT2D eigenvalue weighted by Gasteiger charge is -2.28. The van der Waals surface area contributed by atoms with E-state index in [4.69, 9.17) is 4.42 Å². The molecule has 0 N–H and O–H groups in total. The Kier molecular flexibility index (Phi) is 6.70. The zero-order valence-corrected chi connectivity index (χ0v) is 31.7. The molecule has 0 spiro atoms. The van der Waals surface area contributed by atoms with Crippen LogP contribution < -0.4 is 0 Å². The molecule has 9 aromatic rings. The predicted molar refractivity (Wildman–Crippen MR) is 238 cm³/mol. The van der Waals surface area contributed by atoms with Crippen LogP contribution in [0.5, 0.6) is 0 Å². The molecule has 1 heteroatoms. The van der Waals surface area contributed by atoms with Crippen molar-refractivity contribution in [3.8, 4) is 11.1 Å². The van der Waals surface area contributed by atoms with Crippen LogP contribution in [0.4, 0.5) is 0 Å². The third-order valence-electron chi connectivity index (χ3n) is 13.3. The van der Waals surface area contributed by atoms with E-state index in [9.17, 15) is 0 Å². The number of fused-ring (bicyclic) bond motifs is 13. The second kappa shape index (κ2) is 11.8. The molecule has 266 valence electrons. The van der Waals surface area contributed by atoms with Crippen LogP contribution in [-0.2, 0) is 5.41 Å². The van der Waals surface area contributed by atoms with Crippen LogP contribution in [-0.4, -0.2) is 0 Å². The quantitative estimate of drug-likeness (QED) is 0.166. The number of benzene rings is 8. The van der Waals surface area contributed by atoms with E-state index in [2.05, 4.69) is 178 Å². The average molecular weight is 717 g/mol. The van der Waals surface area contributed by atoms with Gasteiger partial charge in [0.1, 0.15) is 11.2 Å². The fourth-order valence-corrected chi connectivity index (χ4v) is 11.0. The van der Waals surface area contributed by atoms with Gasteiger partial charge in [0.15, 0.2) is 0 Å². The SMILES string of the molecule is CC1(C)C2=CC=C(c3ccc(-c4c5ccccc5c(C5=CC=CCC5)c5ccccc45)c4ccccc34)CC2c2c1c1oc3ccccc3c1c1ccccc21. The second-order valence-corrected chi connectivity index (χ2v) is 16.5. The normalized spacial score (nSPS) is 17.5. The van der Waals surface area contributed by atoms with Crippen molar-refractivity contribution < 1.29 is 4.42 Å². The smallest absolute Gasteiger partial charge is 0.140 e. The molecular formula is C55H40O. The topological polar surface area (TPSA) is 13.1 Å². The van der Waals surface area contributed by atoms with E-state index in [0.717, 1.165) is 30.4 Å². The minimum Gasteiger partial charge on any atom is -0.456 e. The van der Waals surface area contributed by atoms with Crippen molar-refractivity contribution in [3.05, 3.63) is 192 Å². The molecule has 0 saturated carbocycles. The van der Waals surface area contributed by atoms with Crippen LogP contribution in [0.3, 0.4) is 0 Å². The molecule has 56 heavy (non-hydrogen) atoms. The van der Waals surface area contributed by atoms with Crippen LogP contribution in [0.15, 0.2) is 174 Å². The van der Waals surface area contributed by atoms with E-state index < -0.39 is 0 Å². The van der Waals surface area contributed by atoms with Gasteiger partial charge >= 0.3 is 0 Å². The Hall–Kier alpha value is -6.44. The summed E-state index contributed by atoms with van der Waals surface area (Å²) < 4.78 is 6.82. The highest BCUT2D eigenvalue weighted by molar-refractivity contribution is 6.23. The summed E-state index contributed by atoms with van der Waals surface area (Å²) in [5, 5.41) is 13.0. The summed E-state index contributed by atoms with van der Waals surface area (Å²) in [5.41, 5.74) is 14.3. The highest BCUT2D eigenvalue weighted by Gasteiger charge is 2.46. The maximum Gasteiger partial charge on any atom is 0.140 e. The van der Waals surface area contributed by atoms with Crippen molar-refractivity contribution in [1.82, 2.24) is 0 Å². The van der Waals surface area contributed by atoms with Gasteiger partial charge in [0.2, 0.25) is 0 Å². The standard InChI is InChI=1S/C55H40O/c1-55(2)47-31-28-34(32-46(47)51-42-24-12-13-25-43(42)52-45-26-14-15-27-48(45)56-54(52)53(51)55)35-29-30-44(37-19-7-6-18-36(35)37)50-40-22-10-8-20-38(40)49(33-16-4-3-5-17-33)39-21-9-11-23-41(39)50/h3-4,6-16,18-31,46H,5,17,32H2,1-2H3. The number of hydrogen-bond acceptors (Lipinski definition) is 1. The Bertz CT molecular complexity index is 3240. The lowest BCUT2D eigenvalue weighted by Crippen LogP contribution is -2.18. The third kappa shape index (κ3) is 4.32. The van der Waals surface area contributed by atoms with Gasteiger partial charge in [-0.25, -0.2) is 0 Å². The van der Waals surface area contributed by atoms with Crippen LogP contribution in [0.25, 0.3) is 87.3 Å². The first-order valence-electron chi connectivity index (χ1n) is 20.2. The molecule has 8 aromatic carbocycles. The van der Waals surface area contributed by atoms with E-state index in [-0.39, 0.29) is 11.3 Å². The Balaban J connectivity index is 1.05. The van der Waals surface area contributed by atoms with Gasteiger partial charge in [-0.1, -0.05) is 177 Å². The summed E-state index contributed by atoms with van der Waals surface area (Å²) in [6, 6.07) is 49.6. The largest absolute Gasteiger partial charge is 0.456 e. The van der Waals surface area contributed by atoms with E-state index in [1.165, 1.54) is 104 Å². The van der Waals surface area contributed by atoms with Gasteiger partial charge in [-0.15, -0.1) is 0 Å². The van der Waals surface area contributed by atoms with Crippen molar-refractivity contribution in [2.75, 3.05) is 0 Å². The van der Waals surface area contributed by atoms with Crippen molar-refractivity contribution in [1.29, 1.82) is 0 Å². The molecule has 1 atom stereocenters. The third-order valence-corrected chi connectivity index (χ3v) is 13.3. The molecule has 0 aliphatic heterocycles. The number of rotatable bonds is 3. The van der Waals surface area contributed by atoms with Gasteiger partial charge < -0.3 is 4.42 Å². The van der Waals surface area contributed by atoms with Crippen molar-refractivity contribution >= 4 is 76.2 Å². The predicted octanol–water partition coefficient (Wildman–Crippen LogP) is 15.4. The molecule has 12 rings (SSSR count). The van der Waals surface area contributed by atoms with E-state index in [0.29, 0.717) is 0 Å². The fraction of sp³-hybridized carbons (Fsp3) is 0.127. The number of allylic oxidation sites excluding steroid dienone is 8. The van der Waals surface area contributed by atoms with Gasteiger partial charge in [0.05, 0.1) is 0 Å². The van der Waals surface area contributed by atoms with Crippen LogP contribution in [0, 0.1) is 0 Å². The van der Waals surface area contributed by atoms with Crippen LogP contribution >= 0.6 is 0 Å². The summed E-state index contributed by atoms with van der Waals surface area (Å²) in [4.78, 5) is 0. The summed E-state index contributed by atoms with van der Waals surface area (Å²) >= 11 is 0. The van der Waals surface area contributed by atoms with Crippen LogP contribution in [0.2, 0.25) is 0 Å². The van der Waals surface area contributed by atoms with Gasteiger partial charge in [-0.3, -0.25) is 0 Å². The van der Waals surface area contributed by atoms with Gasteiger partial charge in [-0.05, 0) is 107 Å². The van der Waals surface area contributed by atoms with Crippen LogP contribution in [0.1, 0.15) is 61.3 Å². The number of furan rings is 1. The summed E-state index contributed by atoms with van der Waals surface area (Å²) in [6.45, 7) is 4.81. The first-order valence-corrected chi connectivity index (χ1v) is 20.2. The van der Waals surface area contributed by atoms with Crippen molar-refractivity contribution in [2.24, 2.45) is 0 Å². The summed E-state index contributed by atoms with van der Waals surface area (Å²) in [5.74, 6) is 0.269. The molecule has 1 aromatic heterocycles. The molecule has 0 fully saturated rings. The van der Waals surface area contributed by atoms with Crippen molar-refractivity contribution in [3.63, 3.8) is 0 Å². The minimum absolute atomic E-state index is 0.164. The molecule has 3 aliphatic rings. The molecule has 1 unspecified atom stereocenters. The fourth-order valence-electron chi connectivity index (χ4n) is 11.0. The molecule has 0 amide bonds. The zero-order valence-electron chi connectivity index (χ0n) is 31.7. The maximum atomic E-state index is 6.82. The summed E-state index contributed by atoms with van der Waals surface area (Å²) in [7, 11) is 0. The Morgan fingerprint density at radius 3 is 1.77 bits per heavy atom. The highest BCUT2D eigenvalue weighted by Crippen LogP contribution is 2.60. The number of hydrogen-bond donors (Lipinski definition) is 0. The Morgan fingerprint density at radius 1 is 0.518 bits per heavy atom. The average Bonchev–Trinajstić information content (AvgIpc) is 3.75. The van der Waals surface area contributed by atoms with Crippen molar-refractivity contribution in [2.45, 2.75) is 44.4 Å². The van der Waals surface area contributed by atoms with Gasteiger partial charge in [0.25, 0.3) is 0 Å². The van der Waals surface area contributed by atoms with E-state index >= 15 is 0 Å². The van der Waals surface area contributed by atoms with Gasteiger partial charge in [-0.2, -0.15) is 0 Å². The molecule has 1 heterocycles. The van der Waals surface area contributed by atoms with E-state index in [1.807, 2.05) is 0 Å². The monoisotopic (exact) mass is 716 g/mol. The first-order chi connectivity index (χ1) is 27.6. The molecule has 3 aliphatic carbocycles. The van der Waals surface area contributed by atoms with Gasteiger partial charge in [0, 0.05) is 27.7 Å². The lowest BCUT2D eigenvalue weighted by atomic mass is 9.76. The molecule has 0 bridgehead atoms. The summed E-state index contributed by atoms with van der Waals surface area (Å²) in [6.07, 6.45) is 14.8. The maximum absolute atomic E-state index is 6.82. The Morgan fingerprint density at radius 2 is 1.09 bits per heavy atom. The zero-order chi connectivity index (χ0) is 37.1. The highest BCUT2D eigenvalue weighted by atomic mass is 16.3. The molecule has 0 radical (unpaired) electrons. The second-order valence-electron chi connectivity index (χ2n) is 16.5.